The van der Waals surface area contributed by atoms with Crippen LogP contribution in [-0.2, 0) is 12.8 Å². The van der Waals surface area contributed by atoms with Gasteiger partial charge in [0.2, 0.25) is 0 Å². The number of halogens is 1. The Bertz CT molecular complexity index is 756. The molecule has 4 nitrogen and oxygen atoms in total. The van der Waals surface area contributed by atoms with Crippen molar-refractivity contribution in [2.45, 2.75) is 19.8 Å². The summed E-state index contributed by atoms with van der Waals surface area (Å²) in [6.45, 7) is 2.97. The van der Waals surface area contributed by atoms with Gasteiger partial charge in [-0.15, -0.1) is 11.3 Å². The summed E-state index contributed by atoms with van der Waals surface area (Å²) in [5.74, 6) is 0.869. The van der Waals surface area contributed by atoms with Crippen LogP contribution >= 0.6 is 27.3 Å². The van der Waals surface area contributed by atoms with Crippen molar-refractivity contribution in [1.29, 1.82) is 0 Å². The molecule has 3 aromatic rings. The minimum absolute atomic E-state index is 0.815. The van der Waals surface area contributed by atoms with Crippen LogP contribution in [0, 0.1) is 0 Å². The van der Waals surface area contributed by atoms with Crippen molar-refractivity contribution in [3.63, 3.8) is 0 Å². The lowest BCUT2D eigenvalue weighted by Gasteiger charge is -2.07. The van der Waals surface area contributed by atoms with Gasteiger partial charge in [0.1, 0.15) is 12.1 Å². The maximum absolute atomic E-state index is 4.43. The van der Waals surface area contributed by atoms with Gasteiger partial charge in [-0.2, -0.15) is 0 Å². The summed E-state index contributed by atoms with van der Waals surface area (Å²) in [5.41, 5.74) is 0.943. The van der Waals surface area contributed by atoms with Crippen LogP contribution in [0.4, 0.5) is 5.82 Å². The van der Waals surface area contributed by atoms with E-state index in [0.29, 0.717) is 0 Å². The SMILES string of the molecule is CCc1cnc(CCNc2ncnc3ccc(Br)cc23)s1. The Balaban J connectivity index is 1.71. The van der Waals surface area contributed by atoms with Crippen LogP contribution in [0.3, 0.4) is 0 Å². The predicted molar refractivity (Wildman–Crippen MR) is 90.9 cm³/mol. The van der Waals surface area contributed by atoms with Crippen LogP contribution in [0.25, 0.3) is 10.9 Å². The molecule has 0 atom stereocenters. The quantitative estimate of drug-likeness (QED) is 0.743. The normalized spacial score (nSPS) is 11.0. The number of rotatable bonds is 5. The second kappa shape index (κ2) is 6.49. The van der Waals surface area contributed by atoms with E-state index in [0.717, 1.165) is 40.6 Å². The number of nitrogens with zero attached hydrogens (tertiary/aromatic N) is 3. The molecule has 0 bridgehead atoms. The zero-order chi connectivity index (χ0) is 14.7. The number of thiazole rings is 1. The molecule has 3 rings (SSSR count). The highest BCUT2D eigenvalue weighted by atomic mass is 79.9. The molecule has 1 aromatic carbocycles. The third-order valence-electron chi connectivity index (χ3n) is 3.18. The molecule has 2 heterocycles. The summed E-state index contributed by atoms with van der Waals surface area (Å²) in [4.78, 5) is 14.4. The zero-order valence-corrected chi connectivity index (χ0v) is 14.0. The summed E-state index contributed by atoms with van der Waals surface area (Å²) in [5, 5.41) is 5.58. The second-order valence-electron chi connectivity index (χ2n) is 4.63. The molecule has 0 saturated heterocycles. The van der Waals surface area contributed by atoms with Gasteiger partial charge in [-0.3, -0.25) is 0 Å². The Morgan fingerprint density at radius 3 is 2.95 bits per heavy atom. The number of hydrogen-bond donors (Lipinski definition) is 1. The van der Waals surface area contributed by atoms with Crippen LogP contribution < -0.4 is 5.32 Å². The fraction of sp³-hybridized carbons (Fsp3) is 0.267. The Morgan fingerprint density at radius 2 is 2.14 bits per heavy atom. The second-order valence-corrected chi connectivity index (χ2v) is 6.75. The minimum Gasteiger partial charge on any atom is -0.369 e. The molecule has 6 heteroatoms. The third-order valence-corrected chi connectivity index (χ3v) is 4.87. The van der Waals surface area contributed by atoms with E-state index in [9.17, 15) is 0 Å². The standard InChI is InChI=1S/C15H15BrN4S/c1-2-11-8-18-14(21-11)5-6-17-15-12-7-10(16)3-4-13(12)19-9-20-15/h3-4,7-9H,2,5-6H2,1H3,(H,17,19,20). The smallest absolute Gasteiger partial charge is 0.137 e. The highest BCUT2D eigenvalue weighted by Crippen LogP contribution is 2.23. The summed E-state index contributed by atoms with van der Waals surface area (Å²) in [7, 11) is 0. The Hall–Kier alpha value is -1.53. The maximum atomic E-state index is 4.43. The molecule has 0 radical (unpaired) electrons. The summed E-state index contributed by atoms with van der Waals surface area (Å²) in [6, 6.07) is 6.01. The van der Waals surface area contributed by atoms with E-state index in [4.69, 9.17) is 0 Å². The van der Waals surface area contributed by atoms with E-state index in [1.165, 1.54) is 9.88 Å². The van der Waals surface area contributed by atoms with Crippen LogP contribution in [-0.4, -0.2) is 21.5 Å². The largest absolute Gasteiger partial charge is 0.369 e. The highest BCUT2D eigenvalue weighted by molar-refractivity contribution is 9.10. The van der Waals surface area contributed by atoms with Gasteiger partial charge >= 0.3 is 0 Å². The first kappa shape index (κ1) is 14.4. The number of nitrogens with one attached hydrogen (secondary N) is 1. The van der Waals surface area contributed by atoms with Crippen molar-refractivity contribution >= 4 is 44.0 Å². The van der Waals surface area contributed by atoms with Gasteiger partial charge in [0.05, 0.1) is 10.5 Å². The van der Waals surface area contributed by atoms with Gasteiger partial charge in [0, 0.05) is 33.9 Å². The van der Waals surface area contributed by atoms with E-state index in [1.807, 2.05) is 24.4 Å². The predicted octanol–water partition coefficient (Wildman–Crippen LogP) is 4.07. The van der Waals surface area contributed by atoms with E-state index in [-0.39, 0.29) is 0 Å². The van der Waals surface area contributed by atoms with Crippen molar-refractivity contribution < 1.29 is 0 Å². The zero-order valence-electron chi connectivity index (χ0n) is 11.6. The van der Waals surface area contributed by atoms with Crippen LogP contribution in [0.1, 0.15) is 16.8 Å². The number of aryl methyl sites for hydroxylation is 1. The van der Waals surface area contributed by atoms with Gasteiger partial charge in [-0.05, 0) is 24.6 Å². The van der Waals surface area contributed by atoms with E-state index >= 15 is 0 Å². The highest BCUT2D eigenvalue weighted by Gasteiger charge is 2.05. The first-order valence-corrected chi connectivity index (χ1v) is 8.45. The van der Waals surface area contributed by atoms with Crippen molar-refractivity contribution in [3.05, 3.63) is 45.1 Å². The molecule has 0 saturated carbocycles. The summed E-state index contributed by atoms with van der Waals surface area (Å²) < 4.78 is 1.03. The third kappa shape index (κ3) is 3.39. The molecular formula is C15H15BrN4S. The molecule has 0 spiro atoms. The monoisotopic (exact) mass is 362 g/mol. The molecule has 0 fully saturated rings. The molecule has 0 aliphatic heterocycles. The van der Waals surface area contributed by atoms with E-state index in [1.54, 1.807) is 17.7 Å². The van der Waals surface area contributed by atoms with Crippen LogP contribution in [0.5, 0.6) is 0 Å². The first-order valence-electron chi connectivity index (χ1n) is 6.84. The van der Waals surface area contributed by atoms with Crippen molar-refractivity contribution in [3.8, 4) is 0 Å². The molecule has 1 N–H and O–H groups in total. The maximum Gasteiger partial charge on any atom is 0.137 e. The fourth-order valence-electron chi connectivity index (χ4n) is 2.08. The molecule has 0 aliphatic rings. The molecule has 108 valence electrons. The topological polar surface area (TPSA) is 50.7 Å². The van der Waals surface area contributed by atoms with Gasteiger partial charge in [-0.1, -0.05) is 22.9 Å². The van der Waals surface area contributed by atoms with Crippen LogP contribution in [0.2, 0.25) is 0 Å². The molecule has 0 unspecified atom stereocenters. The van der Waals surface area contributed by atoms with E-state index in [2.05, 4.69) is 43.1 Å². The van der Waals surface area contributed by atoms with Crippen molar-refractivity contribution in [2.24, 2.45) is 0 Å². The molecule has 21 heavy (non-hydrogen) atoms. The van der Waals surface area contributed by atoms with E-state index < -0.39 is 0 Å². The number of anilines is 1. The Morgan fingerprint density at radius 1 is 1.24 bits per heavy atom. The summed E-state index contributed by atoms with van der Waals surface area (Å²) in [6.07, 6.45) is 5.52. The Labute approximate surface area is 135 Å². The first-order chi connectivity index (χ1) is 10.3. The molecule has 2 aromatic heterocycles. The summed E-state index contributed by atoms with van der Waals surface area (Å²) >= 11 is 5.27. The van der Waals surface area contributed by atoms with Gasteiger partial charge in [-0.25, -0.2) is 15.0 Å². The average molecular weight is 363 g/mol. The lowest BCUT2D eigenvalue weighted by atomic mass is 10.2. The number of fused-ring (bicyclic) bond motifs is 1. The van der Waals surface area contributed by atoms with Crippen molar-refractivity contribution in [2.75, 3.05) is 11.9 Å². The van der Waals surface area contributed by atoms with Gasteiger partial charge < -0.3 is 5.32 Å². The van der Waals surface area contributed by atoms with Crippen molar-refractivity contribution in [1.82, 2.24) is 15.0 Å². The van der Waals surface area contributed by atoms with Crippen LogP contribution in [0.15, 0.2) is 35.2 Å². The lowest BCUT2D eigenvalue weighted by Crippen LogP contribution is -2.06. The molecule has 0 amide bonds. The number of benzene rings is 1. The average Bonchev–Trinajstić information content (AvgIpc) is 2.96. The van der Waals surface area contributed by atoms with Gasteiger partial charge in [0.25, 0.3) is 0 Å². The minimum atomic E-state index is 0.815. The molecular weight excluding hydrogens is 348 g/mol. The fourth-order valence-corrected chi connectivity index (χ4v) is 3.31. The Kier molecular flexibility index (Phi) is 4.45. The van der Waals surface area contributed by atoms with Gasteiger partial charge in [0.15, 0.2) is 0 Å². The molecule has 0 aliphatic carbocycles. The number of aromatic nitrogens is 3. The number of hydrogen-bond acceptors (Lipinski definition) is 5. The lowest BCUT2D eigenvalue weighted by molar-refractivity contribution is 0.986.